The van der Waals surface area contributed by atoms with Crippen molar-refractivity contribution in [1.29, 1.82) is 0 Å². The minimum atomic E-state index is -0.299. The normalized spacial score (nSPS) is 10.7. The number of aryl methyl sites for hydroxylation is 2. The third-order valence-electron chi connectivity index (χ3n) is 3.11. The molecule has 22 heavy (non-hydrogen) atoms. The third-order valence-corrected chi connectivity index (χ3v) is 3.30. The van der Waals surface area contributed by atoms with Crippen molar-refractivity contribution in [3.05, 3.63) is 58.9 Å². The summed E-state index contributed by atoms with van der Waals surface area (Å²) in [6.07, 6.45) is 0. The van der Waals surface area contributed by atoms with Crippen molar-refractivity contribution in [3.8, 4) is 22.5 Å². The molecule has 2 heterocycles. The average molecular weight is 315 g/mol. The predicted octanol–water partition coefficient (Wildman–Crippen LogP) is 4.01. The molecular formula is C16H12ClFN4. The molecule has 1 aromatic carbocycles. The second-order valence-electron chi connectivity index (χ2n) is 4.88. The molecule has 4 nitrogen and oxygen atoms in total. The molecule has 3 aromatic rings. The molecule has 110 valence electrons. The molecule has 0 saturated carbocycles. The Bertz CT molecular complexity index is 814. The Morgan fingerprint density at radius 2 is 1.59 bits per heavy atom. The molecule has 0 fully saturated rings. The minimum absolute atomic E-state index is 0.299. The Morgan fingerprint density at radius 3 is 2.27 bits per heavy atom. The molecule has 6 heteroatoms. The van der Waals surface area contributed by atoms with Crippen molar-refractivity contribution in [2.24, 2.45) is 0 Å². The molecule has 0 aliphatic rings. The Morgan fingerprint density at radius 1 is 0.864 bits per heavy atom. The van der Waals surface area contributed by atoms with Gasteiger partial charge in [-0.15, -0.1) is 10.2 Å². The lowest BCUT2D eigenvalue weighted by atomic mass is 10.0. The van der Waals surface area contributed by atoms with Gasteiger partial charge in [-0.1, -0.05) is 11.6 Å². The van der Waals surface area contributed by atoms with Crippen LogP contribution in [0.25, 0.3) is 22.5 Å². The van der Waals surface area contributed by atoms with Crippen LogP contribution in [-0.4, -0.2) is 20.2 Å². The fraction of sp³-hybridized carbons (Fsp3) is 0.125. The lowest BCUT2D eigenvalue weighted by molar-refractivity contribution is 0.628. The summed E-state index contributed by atoms with van der Waals surface area (Å²) >= 11 is 6.02. The van der Waals surface area contributed by atoms with E-state index < -0.39 is 0 Å². The van der Waals surface area contributed by atoms with Gasteiger partial charge >= 0.3 is 0 Å². The highest BCUT2D eigenvalue weighted by Gasteiger charge is 2.14. The average Bonchev–Trinajstić information content (AvgIpc) is 2.47. The molecule has 0 saturated heterocycles. The van der Waals surface area contributed by atoms with Gasteiger partial charge < -0.3 is 0 Å². The second kappa shape index (κ2) is 5.77. The molecule has 0 aliphatic carbocycles. The molecule has 0 atom stereocenters. The molecule has 0 amide bonds. The molecule has 3 rings (SSSR count). The van der Waals surface area contributed by atoms with Gasteiger partial charge in [0, 0.05) is 16.8 Å². The smallest absolute Gasteiger partial charge is 0.148 e. The maximum atomic E-state index is 13.1. The summed E-state index contributed by atoms with van der Waals surface area (Å²) in [5.74, 6) is 0.242. The van der Waals surface area contributed by atoms with Gasteiger partial charge in [0.15, 0.2) is 0 Å². The van der Waals surface area contributed by atoms with Crippen LogP contribution in [0.3, 0.4) is 0 Å². The molecule has 0 radical (unpaired) electrons. The van der Waals surface area contributed by atoms with Gasteiger partial charge in [0.2, 0.25) is 0 Å². The number of rotatable bonds is 2. The van der Waals surface area contributed by atoms with Gasteiger partial charge in [0.25, 0.3) is 0 Å². The lowest BCUT2D eigenvalue weighted by Gasteiger charge is -2.09. The molecule has 0 bridgehead atoms. The van der Waals surface area contributed by atoms with Crippen molar-refractivity contribution in [2.75, 3.05) is 0 Å². The molecular weight excluding hydrogens is 303 g/mol. The largest absolute Gasteiger partial charge is 0.241 e. The Balaban J connectivity index is 2.22. The maximum absolute atomic E-state index is 13.1. The van der Waals surface area contributed by atoms with Crippen LogP contribution in [0.1, 0.15) is 11.5 Å². The number of pyridine rings is 1. The van der Waals surface area contributed by atoms with Gasteiger partial charge in [-0.25, -0.2) is 14.4 Å². The van der Waals surface area contributed by atoms with E-state index in [0.29, 0.717) is 22.4 Å². The summed E-state index contributed by atoms with van der Waals surface area (Å²) in [6, 6.07) is 9.68. The zero-order chi connectivity index (χ0) is 15.7. The lowest BCUT2D eigenvalue weighted by Crippen LogP contribution is -2.00. The van der Waals surface area contributed by atoms with Gasteiger partial charge in [-0.2, -0.15) is 0 Å². The fourth-order valence-electron chi connectivity index (χ4n) is 2.18. The van der Waals surface area contributed by atoms with E-state index in [9.17, 15) is 4.39 Å². The number of nitrogens with zero attached hydrogens (tertiary/aromatic N) is 4. The van der Waals surface area contributed by atoms with E-state index in [4.69, 9.17) is 11.6 Å². The zero-order valence-corrected chi connectivity index (χ0v) is 12.8. The third kappa shape index (κ3) is 2.94. The van der Waals surface area contributed by atoms with Crippen LogP contribution in [0.5, 0.6) is 0 Å². The molecule has 0 spiro atoms. The molecule has 2 aromatic heterocycles. The number of halogens is 2. The van der Waals surface area contributed by atoms with Gasteiger partial charge in [-0.3, -0.25) is 0 Å². The molecule has 0 unspecified atom stereocenters. The number of benzene rings is 1. The first-order valence-electron chi connectivity index (χ1n) is 6.65. The van der Waals surface area contributed by atoms with Crippen LogP contribution >= 0.6 is 11.6 Å². The van der Waals surface area contributed by atoms with Crippen molar-refractivity contribution in [3.63, 3.8) is 0 Å². The highest BCUT2D eigenvalue weighted by molar-refractivity contribution is 6.29. The van der Waals surface area contributed by atoms with E-state index in [1.165, 1.54) is 12.1 Å². The van der Waals surface area contributed by atoms with Crippen LogP contribution in [0.2, 0.25) is 5.15 Å². The highest BCUT2D eigenvalue weighted by Crippen LogP contribution is 2.29. The summed E-state index contributed by atoms with van der Waals surface area (Å²) in [6.45, 7) is 3.61. The SMILES string of the molecule is Cc1cc(-c2nnc(C)nc2-c2ccc(F)cc2)cc(Cl)n1. The molecule has 0 aliphatic heterocycles. The summed E-state index contributed by atoms with van der Waals surface area (Å²) in [5.41, 5.74) is 3.53. The van der Waals surface area contributed by atoms with Gasteiger partial charge in [0.05, 0.1) is 0 Å². The van der Waals surface area contributed by atoms with Crippen LogP contribution in [0.15, 0.2) is 36.4 Å². The standard InChI is InChI=1S/C16H12ClFN4/c1-9-7-12(8-14(17)19-9)16-15(20-10(2)21-22-16)11-3-5-13(18)6-4-11/h3-8H,1-2H3. The van der Waals surface area contributed by atoms with E-state index in [2.05, 4.69) is 20.2 Å². The minimum Gasteiger partial charge on any atom is -0.241 e. The van der Waals surface area contributed by atoms with Crippen LogP contribution in [-0.2, 0) is 0 Å². The van der Waals surface area contributed by atoms with Crippen molar-refractivity contribution >= 4 is 11.6 Å². The van der Waals surface area contributed by atoms with Crippen molar-refractivity contribution < 1.29 is 4.39 Å². The highest BCUT2D eigenvalue weighted by atomic mass is 35.5. The number of hydrogen-bond donors (Lipinski definition) is 0. The fourth-order valence-corrected chi connectivity index (χ4v) is 2.43. The predicted molar refractivity (Wildman–Crippen MR) is 82.9 cm³/mol. The van der Waals surface area contributed by atoms with E-state index >= 15 is 0 Å². The monoisotopic (exact) mass is 314 g/mol. The van der Waals surface area contributed by atoms with Crippen LogP contribution < -0.4 is 0 Å². The van der Waals surface area contributed by atoms with Crippen LogP contribution in [0, 0.1) is 19.7 Å². The van der Waals surface area contributed by atoms with Gasteiger partial charge in [0.1, 0.15) is 28.2 Å². The quantitative estimate of drug-likeness (QED) is 0.671. The Labute approximate surface area is 132 Å². The first-order valence-corrected chi connectivity index (χ1v) is 7.02. The maximum Gasteiger partial charge on any atom is 0.148 e. The van der Waals surface area contributed by atoms with E-state index in [0.717, 1.165) is 16.8 Å². The summed E-state index contributed by atoms with van der Waals surface area (Å²) < 4.78 is 13.1. The van der Waals surface area contributed by atoms with Crippen molar-refractivity contribution in [2.45, 2.75) is 13.8 Å². The first-order chi connectivity index (χ1) is 10.5. The van der Waals surface area contributed by atoms with Crippen molar-refractivity contribution in [1.82, 2.24) is 20.2 Å². The number of hydrogen-bond acceptors (Lipinski definition) is 4. The Kier molecular flexibility index (Phi) is 3.81. The number of aromatic nitrogens is 4. The second-order valence-corrected chi connectivity index (χ2v) is 5.27. The molecule has 0 N–H and O–H groups in total. The summed E-state index contributed by atoms with van der Waals surface area (Å²) in [5, 5.41) is 8.63. The topological polar surface area (TPSA) is 51.6 Å². The van der Waals surface area contributed by atoms with Crippen LogP contribution in [0.4, 0.5) is 4.39 Å². The first kappa shape index (κ1) is 14.5. The van der Waals surface area contributed by atoms with E-state index in [-0.39, 0.29) is 5.82 Å². The van der Waals surface area contributed by atoms with E-state index in [1.54, 1.807) is 25.1 Å². The summed E-state index contributed by atoms with van der Waals surface area (Å²) in [4.78, 5) is 8.59. The summed E-state index contributed by atoms with van der Waals surface area (Å²) in [7, 11) is 0. The Hall–Kier alpha value is -2.40. The zero-order valence-electron chi connectivity index (χ0n) is 12.0. The van der Waals surface area contributed by atoms with Gasteiger partial charge in [-0.05, 0) is 50.2 Å². The van der Waals surface area contributed by atoms with E-state index in [1.807, 2.05) is 13.0 Å².